The summed E-state index contributed by atoms with van der Waals surface area (Å²) < 4.78 is 32.5. The highest BCUT2D eigenvalue weighted by atomic mass is 19.3. The molecule has 3 aromatic rings. The number of alkyl halides is 2. The molecule has 198 valence electrons. The summed E-state index contributed by atoms with van der Waals surface area (Å²) in [6.45, 7) is 5.11. The van der Waals surface area contributed by atoms with E-state index >= 15 is 0 Å². The first-order valence-corrected chi connectivity index (χ1v) is 12.7. The number of hydrogen-bond acceptors (Lipinski definition) is 7. The number of nitriles is 1. The Hall–Kier alpha value is -3.75. The molecule has 3 aromatic heterocycles. The van der Waals surface area contributed by atoms with E-state index in [9.17, 15) is 18.8 Å². The molecule has 5 rings (SSSR count). The van der Waals surface area contributed by atoms with E-state index in [0.29, 0.717) is 28.8 Å². The second kappa shape index (κ2) is 10.9. The van der Waals surface area contributed by atoms with Gasteiger partial charge in [0.1, 0.15) is 0 Å². The molecule has 1 aliphatic heterocycles. The van der Waals surface area contributed by atoms with E-state index in [-0.39, 0.29) is 11.5 Å². The molecule has 9 nitrogen and oxygen atoms in total. The molecular formula is C27H29F2N7O2. The van der Waals surface area contributed by atoms with Crippen LogP contribution in [-0.4, -0.2) is 62.9 Å². The molecule has 11 heteroatoms. The van der Waals surface area contributed by atoms with E-state index < -0.39 is 11.8 Å². The maximum absolute atomic E-state index is 12.9. The Kier molecular flexibility index (Phi) is 7.44. The van der Waals surface area contributed by atoms with Gasteiger partial charge < -0.3 is 10.1 Å². The van der Waals surface area contributed by atoms with E-state index in [2.05, 4.69) is 31.4 Å². The summed E-state index contributed by atoms with van der Waals surface area (Å²) in [5, 5.41) is 17.1. The van der Waals surface area contributed by atoms with Gasteiger partial charge in [0.25, 0.3) is 12.3 Å². The highest BCUT2D eigenvalue weighted by molar-refractivity contribution is 6.04. The van der Waals surface area contributed by atoms with Gasteiger partial charge in [0, 0.05) is 30.9 Å². The van der Waals surface area contributed by atoms with Gasteiger partial charge >= 0.3 is 0 Å². The van der Waals surface area contributed by atoms with E-state index in [4.69, 9.17) is 4.74 Å². The van der Waals surface area contributed by atoms with E-state index in [1.807, 2.05) is 6.07 Å². The van der Waals surface area contributed by atoms with Gasteiger partial charge in [0.05, 0.1) is 59.7 Å². The first-order valence-electron chi connectivity index (χ1n) is 12.7. The van der Waals surface area contributed by atoms with E-state index in [1.54, 1.807) is 19.2 Å². The monoisotopic (exact) mass is 521 g/mol. The number of rotatable bonds is 6. The fourth-order valence-corrected chi connectivity index (χ4v) is 5.29. The van der Waals surface area contributed by atoms with Gasteiger partial charge in [-0.15, -0.1) is 0 Å². The number of carbonyl (C=O) groups excluding carboxylic acids is 1. The van der Waals surface area contributed by atoms with Crippen molar-refractivity contribution in [1.29, 1.82) is 5.26 Å². The van der Waals surface area contributed by atoms with Crippen LogP contribution in [0, 0.1) is 18.3 Å². The molecule has 0 aromatic carbocycles. The molecule has 0 bridgehead atoms. The second-order valence-electron chi connectivity index (χ2n) is 9.77. The summed E-state index contributed by atoms with van der Waals surface area (Å²) in [6, 6.07) is 9.30. The summed E-state index contributed by atoms with van der Waals surface area (Å²) in [5.74, 6) is -0.0457. The van der Waals surface area contributed by atoms with Crippen molar-refractivity contribution in [2.75, 3.05) is 31.6 Å². The van der Waals surface area contributed by atoms with Crippen molar-refractivity contribution in [3.63, 3.8) is 0 Å². The molecule has 2 fully saturated rings. The molecule has 38 heavy (non-hydrogen) atoms. The first-order chi connectivity index (χ1) is 18.4. The molecule has 1 aliphatic carbocycles. The van der Waals surface area contributed by atoms with Crippen LogP contribution < -0.4 is 5.32 Å². The highest BCUT2D eigenvalue weighted by Gasteiger charge is 2.40. The maximum atomic E-state index is 12.9. The smallest absolute Gasteiger partial charge is 0.265 e. The fourth-order valence-electron chi connectivity index (χ4n) is 5.29. The van der Waals surface area contributed by atoms with Gasteiger partial charge in [-0.25, -0.2) is 18.4 Å². The number of anilines is 1. The summed E-state index contributed by atoms with van der Waals surface area (Å²) >= 11 is 0. The van der Waals surface area contributed by atoms with Crippen molar-refractivity contribution in [3.05, 3.63) is 65.4 Å². The third-order valence-electron chi connectivity index (χ3n) is 7.59. The summed E-state index contributed by atoms with van der Waals surface area (Å²) in [5.41, 5.74) is 1.25. The number of morpholine rings is 1. The quantitative estimate of drug-likeness (QED) is 0.518. The fraction of sp³-hybridized carbons (Fsp3) is 0.444. The van der Waals surface area contributed by atoms with Crippen LogP contribution in [0.3, 0.4) is 0 Å². The van der Waals surface area contributed by atoms with Crippen LogP contribution in [0.1, 0.15) is 59.4 Å². The van der Waals surface area contributed by atoms with Crippen molar-refractivity contribution < 1.29 is 18.3 Å². The van der Waals surface area contributed by atoms with Crippen molar-refractivity contribution in [3.8, 4) is 11.9 Å². The van der Waals surface area contributed by atoms with Crippen LogP contribution in [0.5, 0.6) is 0 Å². The minimum absolute atomic E-state index is 0.184. The molecule has 0 atom stereocenters. The minimum Gasteiger partial charge on any atom is -0.379 e. The Labute approximate surface area is 219 Å². The lowest BCUT2D eigenvalue weighted by Crippen LogP contribution is -2.47. The summed E-state index contributed by atoms with van der Waals surface area (Å²) in [7, 11) is 0. The number of nitrogens with zero attached hydrogens (tertiary/aromatic N) is 6. The first kappa shape index (κ1) is 25.9. The zero-order valence-corrected chi connectivity index (χ0v) is 21.1. The largest absolute Gasteiger partial charge is 0.379 e. The van der Waals surface area contributed by atoms with Crippen LogP contribution in [0.2, 0.25) is 0 Å². The number of aromatic nitrogens is 4. The Bertz CT molecular complexity index is 1300. The number of hydrogen-bond donors (Lipinski definition) is 1. The average molecular weight is 522 g/mol. The molecule has 2 aliphatic rings. The highest BCUT2D eigenvalue weighted by Crippen LogP contribution is 2.40. The number of pyridine rings is 2. The Balaban J connectivity index is 1.24. The Morgan fingerprint density at radius 2 is 1.89 bits per heavy atom. The zero-order chi connectivity index (χ0) is 26.7. The predicted molar refractivity (Wildman–Crippen MR) is 135 cm³/mol. The third kappa shape index (κ3) is 5.14. The predicted octanol–water partition coefficient (Wildman–Crippen LogP) is 4.20. The molecule has 0 spiro atoms. The van der Waals surface area contributed by atoms with Crippen LogP contribution in [-0.2, 0) is 10.2 Å². The molecule has 1 amide bonds. The zero-order valence-electron chi connectivity index (χ0n) is 21.1. The molecule has 1 N–H and O–H groups in total. The number of amides is 1. The maximum Gasteiger partial charge on any atom is 0.265 e. The molecule has 1 saturated carbocycles. The molecular weight excluding hydrogens is 492 g/mol. The average Bonchev–Trinajstić information content (AvgIpc) is 3.35. The van der Waals surface area contributed by atoms with Gasteiger partial charge in [-0.05, 0) is 56.9 Å². The Morgan fingerprint density at radius 1 is 1.13 bits per heavy atom. The number of halogens is 2. The standard InChI is InChI=1S/C27H29F2N7O2/c1-18-22(16-33-36(18)24-5-2-19(14-32-24)25(28)29)26(37)34-20-3-4-23(31-15-20)27(17-30)8-6-21(7-9-27)35-10-12-38-13-11-35/h2-5,14-16,21,25H,6-13H2,1H3,(H,34,37)/t21-,27-. The number of carbonyl (C=O) groups is 1. The molecule has 4 heterocycles. The van der Waals surface area contributed by atoms with Crippen LogP contribution in [0.4, 0.5) is 14.5 Å². The van der Waals surface area contributed by atoms with Crippen molar-refractivity contribution in [2.24, 2.45) is 0 Å². The van der Waals surface area contributed by atoms with Crippen molar-refractivity contribution in [2.45, 2.75) is 50.5 Å². The van der Waals surface area contributed by atoms with Crippen molar-refractivity contribution >= 4 is 11.6 Å². The van der Waals surface area contributed by atoms with Gasteiger partial charge in [-0.1, -0.05) is 0 Å². The van der Waals surface area contributed by atoms with Gasteiger partial charge in [0.2, 0.25) is 0 Å². The molecule has 0 radical (unpaired) electrons. The van der Waals surface area contributed by atoms with E-state index in [0.717, 1.165) is 63.9 Å². The lowest BCUT2D eigenvalue weighted by atomic mass is 9.71. The number of ether oxygens (including phenoxy) is 1. The van der Waals surface area contributed by atoms with Crippen LogP contribution in [0.25, 0.3) is 5.82 Å². The summed E-state index contributed by atoms with van der Waals surface area (Å²) in [6.07, 6.45) is 4.84. The van der Waals surface area contributed by atoms with Gasteiger partial charge in [-0.3, -0.25) is 14.7 Å². The third-order valence-corrected chi connectivity index (χ3v) is 7.59. The van der Waals surface area contributed by atoms with Gasteiger partial charge in [0.15, 0.2) is 5.82 Å². The molecule has 0 unspecified atom stereocenters. The normalized spacial score (nSPS) is 22.2. The number of nitrogens with one attached hydrogen (secondary N) is 1. The second-order valence-corrected chi connectivity index (χ2v) is 9.77. The lowest BCUT2D eigenvalue weighted by molar-refractivity contribution is 0.00493. The Morgan fingerprint density at radius 3 is 2.50 bits per heavy atom. The topological polar surface area (TPSA) is 109 Å². The summed E-state index contributed by atoms with van der Waals surface area (Å²) in [4.78, 5) is 24.0. The van der Waals surface area contributed by atoms with Gasteiger partial charge in [-0.2, -0.15) is 10.4 Å². The lowest BCUT2D eigenvalue weighted by Gasteiger charge is -2.41. The SMILES string of the molecule is Cc1c(C(=O)Nc2ccc([C@]3(C#N)CC[C@@H](N4CCOCC4)CC3)nc2)cnn1-c1ccc(C(F)F)cn1. The molecule has 1 saturated heterocycles. The minimum atomic E-state index is -2.61. The van der Waals surface area contributed by atoms with Crippen LogP contribution >= 0.6 is 0 Å². The van der Waals surface area contributed by atoms with Crippen LogP contribution in [0.15, 0.2) is 42.9 Å². The van der Waals surface area contributed by atoms with Crippen molar-refractivity contribution in [1.82, 2.24) is 24.6 Å². The van der Waals surface area contributed by atoms with E-state index in [1.165, 1.54) is 23.0 Å².